The number of halogens is 1. The molecule has 2 heterocycles. The van der Waals surface area contributed by atoms with Crippen LogP contribution in [-0.2, 0) is 26.9 Å². The molecule has 172 valence electrons. The standard InChI is InChI=1S/C25H20FN3O3S2/c1-16-6-4-11-21-24(16)28-25(33-21)27-23(30)14-29-13-22(19-9-2-3-10-20(19)29)34(31,32)15-17-7-5-8-18(26)12-17/h2-13H,14-15H2,1H3,(H,27,28,30). The number of anilines is 1. The predicted molar refractivity (Wildman–Crippen MR) is 132 cm³/mol. The van der Waals surface area contributed by atoms with Crippen LogP contribution in [0.25, 0.3) is 21.1 Å². The van der Waals surface area contributed by atoms with Crippen molar-refractivity contribution in [2.75, 3.05) is 5.32 Å². The molecular weight excluding hydrogens is 473 g/mol. The maximum absolute atomic E-state index is 13.6. The summed E-state index contributed by atoms with van der Waals surface area (Å²) in [6.45, 7) is 1.89. The predicted octanol–water partition coefficient (Wildman–Crippen LogP) is 5.31. The van der Waals surface area contributed by atoms with Gasteiger partial charge in [0, 0.05) is 17.1 Å². The molecule has 0 saturated carbocycles. The van der Waals surface area contributed by atoms with Crippen LogP contribution in [0.2, 0.25) is 0 Å². The maximum atomic E-state index is 13.6. The molecule has 5 rings (SSSR count). The van der Waals surface area contributed by atoms with Crippen molar-refractivity contribution in [2.24, 2.45) is 0 Å². The molecule has 2 aromatic heterocycles. The number of rotatable bonds is 6. The number of para-hydroxylation sites is 2. The van der Waals surface area contributed by atoms with E-state index in [2.05, 4.69) is 10.3 Å². The molecule has 0 spiro atoms. The van der Waals surface area contributed by atoms with Gasteiger partial charge in [0.05, 0.1) is 20.9 Å². The van der Waals surface area contributed by atoms with Gasteiger partial charge < -0.3 is 9.88 Å². The fraction of sp³-hybridized carbons (Fsp3) is 0.120. The summed E-state index contributed by atoms with van der Waals surface area (Å²) in [7, 11) is -3.78. The second-order valence-electron chi connectivity index (χ2n) is 8.02. The number of sulfone groups is 1. The number of nitrogens with one attached hydrogen (secondary N) is 1. The first-order valence-electron chi connectivity index (χ1n) is 10.5. The molecule has 0 fully saturated rings. The molecule has 34 heavy (non-hydrogen) atoms. The zero-order valence-electron chi connectivity index (χ0n) is 18.2. The summed E-state index contributed by atoms with van der Waals surface area (Å²) < 4.78 is 42.6. The Morgan fingerprint density at radius 3 is 2.68 bits per heavy atom. The fourth-order valence-corrected chi connectivity index (χ4v) is 6.50. The summed E-state index contributed by atoms with van der Waals surface area (Å²) in [6, 6.07) is 18.4. The number of carbonyl (C=O) groups excluding carboxylic acids is 1. The van der Waals surface area contributed by atoms with Crippen LogP contribution in [-0.4, -0.2) is 23.9 Å². The molecule has 0 unspecified atom stereocenters. The Morgan fingerprint density at radius 1 is 1.09 bits per heavy atom. The number of hydrogen-bond donors (Lipinski definition) is 1. The van der Waals surface area contributed by atoms with Gasteiger partial charge in [-0.3, -0.25) is 4.79 Å². The zero-order valence-corrected chi connectivity index (χ0v) is 19.8. The molecule has 0 aliphatic carbocycles. The highest BCUT2D eigenvalue weighted by molar-refractivity contribution is 7.90. The van der Waals surface area contributed by atoms with E-state index in [9.17, 15) is 17.6 Å². The molecule has 3 aromatic carbocycles. The lowest BCUT2D eigenvalue weighted by atomic mass is 10.2. The minimum Gasteiger partial charge on any atom is -0.337 e. The van der Waals surface area contributed by atoms with Gasteiger partial charge in [-0.1, -0.05) is 53.8 Å². The number of aromatic nitrogens is 2. The maximum Gasteiger partial charge on any atom is 0.246 e. The average molecular weight is 494 g/mol. The highest BCUT2D eigenvalue weighted by atomic mass is 32.2. The third-order valence-corrected chi connectivity index (χ3v) is 8.16. The monoisotopic (exact) mass is 493 g/mol. The second kappa shape index (κ2) is 8.66. The number of carbonyl (C=O) groups is 1. The number of thiazole rings is 1. The van der Waals surface area contributed by atoms with Gasteiger partial charge in [0.15, 0.2) is 15.0 Å². The lowest BCUT2D eigenvalue weighted by Crippen LogP contribution is -2.18. The molecule has 6 nitrogen and oxygen atoms in total. The van der Waals surface area contributed by atoms with Crippen LogP contribution in [0.5, 0.6) is 0 Å². The molecular formula is C25H20FN3O3S2. The van der Waals surface area contributed by atoms with Crippen molar-refractivity contribution in [3.63, 3.8) is 0 Å². The zero-order chi connectivity index (χ0) is 23.9. The third kappa shape index (κ3) is 4.32. The van der Waals surface area contributed by atoms with Crippen LogP contribution in [0.4, 0.5) is 9.52 Å². The molecule has 0 aliphatic heterocycles. The molecule has 1 N–H and O–H groups in total. The Bertz CT molecular complexity index is 1650. The lowest BCUT2D eigenvalue weighted by molar-refractivity contribution is -0.116. The van der Waals surface area contributed by atoms with Gasteiger partial charge in [-0.15, -0.1) is 0 Å². The summed E-state index contributed by atoms with van der Waals surface area (Å²) >= 11 is 1.39. The number of benzene rings is 3. The molecule has 0 atom stereocenters. The van der Waals surface area contributed by atoms with Crippen LogP contribution < -0.4 is 5.32 Å². The van der Waals surface area contributed by atoms with Crippen LogP contribution in [0.15, 0.2) is 77.8 Å². The first-order valence-corrected chi connectivity index (χ1v) is 13.0. The van der Waals surface area contributed by atoms with Crippen molar-refractivity contribution in [2.45, 2.75) is 24.1 Å². The number of aryl methyl sites for hydroxylation is 1. The smallest absolute Gasteiger partial charge is 0.246 e. The quantitative estimate of drug-likeness (QED) is 0.348. The van der Waals surface area contributed by atoms with Crippen molar-refractivity contribution in [3.8, 4) is 0 Å². The summed E-state index contributed by atoms with van der Waals surface area (Å²) in [4.78, 5) is 17.4. The van der Waals surface area contributed by atoms with E-state index >= 15 is 0 Å². The number of fused-ring (bicyclic) bond motifs is 2. The molecule has 0 radical (unpaired) electrons. The van der Waals surface area contributed by atoms with Crippen LogP contribution in [0.3, 0.4) is 0 Å². The first-order chi connectivity index (χ1) is 16.3. The van der Waals surface area contributed by atoms with Crippen molar-refractivity contribution >= 4 is 53.3 Å². The van der Waals surface area contributed by atoms with E-state index in [4.69, 9.17) is 0 Å². The van der Waals surface area contributed by atoms with E-state index in [1.54, 1.807) is 34.9 Å². The molecule has 0 aliphatic rings. The molecule has 1 amide bonds. The first kappa shape index (κ1) is 22.2. The Kier molecular flexibility index (Phi) is 5.66. The Morgan fingerprint density at radius 2 is 1.88 bits per heavy atom. The van der Waals surface area contributed by atoms with Gasteiger partial charge in [-0.05, 0) is 42.3 Å². The highest BCUT2D eigenvalue weighted by Gasteiger charge is 2.23. The van der Waals surface area contributed by atoms with Gasteiger partial charge in [-0.2, -0.15) is 0 Å². The van der Waals surface area contributed by atoms with E-state index in [0.717, 1.165) is 15.8 Å². The Balaban J connectivity index is 1.43. The third-order valence-electron chi connectivity index (χ3n) is 5.51. The van der Waals surface area contributed by atoms with Gasteiger partial charge in [0.25, 0.3) is 0 Å². The van der Waals surface area contributed by atoms with Crippen molar-refractivity contribution in [1.82, 2.24) is 9.55 Å². The minimum absolute atomic E-state index is 0.0785. The average Bonchev–Trinajstić information content (AvgIpc) is 3.36. The van der Waals surface area contributed by atoms with Crippen LogP contribution in [0, 0.1) is 12.7 Å². The summed E-state index contributed by atoms with van der Waals surface area (Å²) in [5.41, 5.74) is 2.86. The fourth-order valence-electron chi connectivity index (χ4n) is 3.97. The number of nitrogens with zero attached hydrogens (tertiary/aromatic N) is 2. The Labute approximate surface area is 199 Å². The lowest BCUT2D eigenvalue weighted by Gasteiger charge is -2.05. The minimum atomic E-state index is -3.78. The molecule has 0 saturated heterocycles. The van der Waals surface area contributed by atoms with Crippen molar-refractivity contribution < 1.29 is 17.6 Å². The molecule has 5 aromatic rings. The van der Waals surface area contributed by atoms with Crippen molar-refractivity contribution in [1.29, 1.82) is 0 Å². The van der Waals surface area contributed by atoms with Crippen molar-refractivity contribution in [3.05, 3.63) is 89.9 Å². The van der Waals surface area contributed by atoms with E-state index in [-0.39, 0.29) is 23.1 Å². The van der Waals surface area contributed by atoms with E-state index in [1.165, 1.54) is 35.7 Å². The van der Waals surface area contributed by atoms with Gasteiger partial charge in [0.1, 0.15) is 12.4 Å². The molecule has 0 bridgehead atoms. The topological polar surface area (TPSA) is 81.1 Å². The Hall–Kier alpha value is -3.56. The van der Waals surface area contributed by atoms with Gasteiger partial charge in [-0.25, -0.2) is 17.8 Å². The van der Waals surface area contributed by atoms with Crippen LogP contribution in [0.1, 0.15) is 11.1 Å². The largest absolute Gasteiger partial charge is 0.337 e. The summed E-state index contributed by atoms with van der Waals surface area (Å²) in [5, 5.41) is 3.83. The number of amides is 1. The summed E-state index contributed by atoms with van der Waals surface area (Å²) in [6.07, 6.45) is 1.47. The van der Waals surface area contributed by atoms with E-state index in [0.29, 0.717) is 21.6 Å². The second-order valence-corrected chi connectivity index (χ2v) is 11.0. The normalized spacial score (nSPS) is 11.8. The summed E-state index contributed by atoms with van der Waals surface area (Å²) in [5.74, 6) is -1.14. The SMILES string of the molecule is Cc1cccc2sc(NC(=O)Cn3cc(S(=O)(=O)Cc4cccc(F)c4)c4ccccc43)nc12. The van der Waals surface area contributed by atoms with Crippen LogP contribution >= 0.6 is 11.3 Å². The number of hydrogen-bond acceptors (Lipinski definition) is 5. The highest BCUT2D eigenvalue weighted by Crippen LogP contribution is 2.30. The van der Waals surface area contributed by atoms with Gasteiger partial charge >= 0.3 is 0 Å². The van der Waals surface area contributed by atoms with E-state index in [1.807, 2.05) is 25.1 Å². The molecule has 9 heteroatoms. The van der Waals surface area contributed by atoms with E-state index < -0.39 is 15.7 Å². The van der Waals surface area contributed by atoms with Gasteiger partial charge in [0.2, 0.25) is 5.91 Å².